The van der Waals surface area contributed by atoms with Crippen molar-refractivity contribution in [2.45, 2.75) is 38.5 Å². The minimum Gasteiger partial charge on any atom is -0.481 e. The second-order valence-electron chi connectivity index (χ2n) is 6.80. The Labute approximate surface area is 130 Å². The van der Waals surface area contributed by atoms with Crippen LogP contribution >= 0.6 is 0 Å². The zero-order valence-corrected chi connectivity index (χ0v) is 12.8. The minimum absolute atomic E-state index is 0.0126. The van der Waals surface area contributed by atoms with Gasteiger partial charge in [0.25, 0.3) is 0 Å². The molecule has 2 N–H and O–H groups in total. The first kappa shape index (κ1) is 15.1. The van der Waals surface area contributed by atoms with Gasteiger partial charge in [-0.3, -0.25) is 9.59 Å². The van der Waals surface area contributed by atoms with Crippen LogP contribution in [0, 0.1) is 17.3 Å². The van der Waals surface area contributed by atoms with Crippen molar-refractivity contribution in [3.8, 4) is 0 Å². The third-order valence-electron chi connectivity index (χ3n) is 5.41. The summed E-state index contributed by atoms with van der Waals surface area (Å²) in [6.07, 6.45) is 5.23. The Morgan fingerprint density at radius 1 is 1.23 bits per heavy atom. The lowest BCUT2D eigenvalue weighted by Gasteiger charge is -2.36. The number of carbonyl (C=O) groups is 2. The molecule has 1 aromatic carbocycles. The van der Waals surface area contributed by atoms with Crippen LogP contribution in [0.15, 0.2) is 30.3 Å². The molecule has 3 rings (SSSR count). The van der Waals surface area contributed by atoms with Crippen molar-refractivity contribution in [1.29, 1.82) is 0 Å². The number of carbonyl (C=O) groups excluding carboxylic acids is 1. The molecule has 2 aliphatic carbocycles. The lowest BCUT2D eigenvalue weighted by Crippen LogP contribution is -2.46. The van der Waals surface area contributed by atoms with Crippen LogP contribution in [0.4, 0.5) is 0 Å². The second kappa shape index (κ2) is 6.11. The number of benzene rings is 1. The van der Waals surface area contributed by atoms with Gasteiger partial charge in [0, 0.05) is 6.54 Å². The molecule has 4 nitrogen and oxygen atoms in total. The van der Waals surface area contributed by atoms with Gasteiger partial charge in [-0.05, 0) is 43.1 Å². The van der Waals surface area contributed by atoms with Crippen LogP contribution in [0.2, 0.25) is 0 Å². The maximum Gasteiger partial charge on any atom is 0.305 e. The van der Waals surface area contributed by atoms with Crippen LogP contribution in [-0.4, -0.2) is 23.5 Å². The molecule has 1 aromatic rings. The van der Waals surface area contributed by atoms with E-state index in [2.05, 4.69) is 17.4 Å². The van der Waals surface area contributed by atoms with Gasteiger partial charge in [-0.25, -0.2) is 0 Å². The zero-order valence-electron chi connectivity index (χ0n) is 12.8. The summed E-state index contributed by atoms with van der Waals surface area (Å²) in [5, 5.41) is 11.6. The summed E-state index contributed by atoms with van der Waals surface area (Å²) in [7, 11) is 0. The third-order valence-corrected chi connectivity index (χ3v) is 5.41. The molecule has 2 bridgehead atoms. The first-order chi connectivity index (χ1) is 10.6. The molecule has 2 aliphatic rings. The zero-order chi connectivity index (χ0) is 15.6. The monoisotopic (exact) mass is 301 g/mol. The van der Waals surface area contributed by atoms with E-state index in [4.69, 9.17) is 5.11 Å². The van der Waals surface area contributed by atoms with Gasteiger partial charge < -0.3 is 10.4 Å². The van der Waals surface area contributed by atoms with E-state index in [0.717, 1.165) is 25.7 Å². The van der Waals surface area contributed by atoms with Gasteiger partial charge in [-0.15, -0.1) is 0 Å². The Kier molecular flexibility index (Phi) is 4.19. The summed E-state index contributed by atoms with van der Waals surface area (Å²) >= 11 is 0. The summed E-state index contributed by atoms with van der Waals surface area (Å²) in [5.41, 5.74) is 0.867. The van der Waals surface area contributed by atoms with Crippen molar-refractivity contribution in [3.05, 3.63) is 35.9 Å². The van der Waals surface area contributed by atoms with Crippen molar-refractivity contribution < 1.29 is 14.7 Å². The van der Waals surface area contributed by atoms with E-state index < -0.39 is 5.97 Å². The highest BCUT2D eigenvalue weighted by atomic mass is 16.4. The van der Waals surface area contributed by atoms with Gasteiger partial charge in [0.05, 0.1) is 11.8 Å². The molecule has 2 fully saturated rings. The van der Waals surface area contributed by atoms with Gasteiger partial charge in [-0.1, -0.05) is 36.8 Å². The van der Waals surface area contributed by atoms with Crippen molar-refractivity contribution in [2.24, 2.45) is 17.3 Å². The summed E-state index contributed by atoms with van der Waals surface area (Å²) in [5.74, 6) is 0.302. The predicted molar refractivity (Wildman–Crippen MR) is 83.3 cm³/mol. The molecule has 0 saturated heterocycles. The number of rotatable bonds is 6. The first-order valence-corrected chi connectivity index (χ1v) is 8.14. The molecule has 3 unspecified atom stereocenters. The van der Waals surface area contributed by atoms with E-state index in [1.807, 2.05) is 18.2 Å². The molecule has 0 radical (unpaired) electrons. The highest BCUT2D eigenvalue weighted by Gasteiger charge is 2.55. The number of nitrogens with one attached hydrogen (secondary N) is 1. The van der Waals surface area contributed by atoms with Gasteiger partial charge in [-0.2, -0.15) is 0 Å². The normalized spacial score (nSPS) is 29.5. The lowest BCUT2D eigenvalue weighted by molar-refractivity contribution is -0.137. The van der Waals surface area contributed by atoms with E-state index in [9.17, 15) is 9.59 Å². The third kappa shape index (κ3) is 2.87. The van der Waals surface area contributed by atoms with E-state index in [1.54, 1.807) is 0 Å². The molecule has 3 atom stereocenters. The molecule has 4 heteroatoms. The standard InChI is InChI=1S/C18H23NO3/c20-16(21)8-9-19-17(22)18(11-13-4-2-1-3-5-13)12-14-6-7-15(18)10-14/h1-5,14-15H,6-12H2,(H,19,22)(H,20,21). The van der Waals surface area contributed by atoms with Crippen LogP contribution in [0.1, 0.15) is 37.7 Å². The fourth-order valence-corrected chi connectivity index (χ4v) is 4.44. The van der Waals surface area contributed by atoms with E-state index in [-0.39, 0.29) is 24.3 Å². The Morgan fingerprint density at radius 3 is 2.59 bits per heavy atom. The molecule has 118 valence electrons. The highest BCUT2D eigenvalue weighted by Crippen LogP contribution is 2.57. The fourth-order valence-electron chi connectivity index (χ4n) is 4.44. The van der Waals surface area contributed by atoms with Gasteiger partial charge in [0.15, 0.2) is 0 Å². The molecule has 0 aromatic heterocycles. The Balaban J connectivity index is 1.75. The summed E-state index contributed by atoms with van der Waals surface area (Å²) in [6, 6.07) is 10.2. The van der Waals surface area contributed by atoms with Crippen LogP contribution in [0.3, 0.4) is 0 Å². The van der Waals surface area contributed by atoms with Crippen molar-refractivity contribution >= 4 is 11.9 Å². The highest BCUT2D eigenvalue weighted by molar-refractivity contribution is 5.84. The molecule has 22 heavy (non-hydrogen) atoms. The molecule has 2 saturated carbocycles. The Morgan fingerprint density at radius 2 is 2.00 bits per heavy atom. The maximum absolute atomic E-state index is 12.8. The number of hydrogen-bond donors (Lipinski definition) is 2. The largest absolute Gasteiger partial charge is 0.481 e. The average Bonchev–Trinajstić information content (AvgIpc) is 3.09. The molecule has 0 spiro atoms. The topological polar surface area (TPSA) is 66.4 Å². The average molecular weight is 301 g/mol. The SMILES string of the molecule is O=C(O)CCNC(=O)C1(Cc2ccccc2)CC2CCC1C2. The molecule has 0 heterocycles. The van der Waals surface area contributed by atoms with Gasteiger partial charge >= 0.3 is 5.97 Å². The minimum atomic E-state index is -0.870. The van der Waals surface area contributed by atoms with Crippen LogP contribution < -0.4 is 5.32 Å². The van der Waals surface area contributed by atoms with Gasteiger partial charge in [0.2, 0.25) is 5.91 Å². The Hall–Kier alpha value is -1.84. The van der Waals surface area contributed by atoms with Gasteiger partial charge in [0.1, 0.15) is 0 Å². The van der Waals surface area contributed by atoms with Crippen LogP contribution in [0.5, 0.6) is 0 Å². The second-order valence-corrected chi connectivity index (χ2v) is 6.80. The maximum atomic E-state index is 12.8. The van der Waals surface area contributed by atoms with Crippen molar-refractivity contribution in [2.75, 3.05) is 6.54 Å². The summed E-state index contributed by atoms with van der Waals surface area (Å²) < 4.78 is 0. The van der Waals surface area contributed by atoms with E-state index >= 15 is 0 Å². The lowest BCUT2D eigenvalue weighted by atomic mass is 9.68. The van der Waals surface area contributed by atoms with Crippen LogP contribution in [-0.2, 0) is 16.0 Å². The molecule has 0 aliphatic heterocycles. The number of carboxylic acid groups (broad SMARTS) is 1. The number of amides is 1. The number of aliphatic carboxylic acids is 1. The van der Waals surface area contributed by atoms with Crippen LogP contribution in [0.25, 0.3) is 0 Å². The van der Waals surface area contributed by atoms with E-state index in [1.165, 1.54) is 12.0 Å². The van der Waals surface area contributed by atoms with Crippen molar-refractivity contribution in [3.63, 3.8) is 0 Å². The molecular weight excluding hydrogens is 278 g/mol. The number of hydrogen-bond acceptors (Lipinski definition) is 2. The quantitative estimate of drug-likeness (QED) is 0.849. The fraction of sp³-hybridized carbons (Fsp3) is 0.556. The first-order valence-electron chi connectivity index (χ1n) is 8.14. The number of fused-ring (bicyclic) bond motifs is 2. The predicted octanol–water partition coefficient (Wildman–Crippen LogP) is 2.63. The summed E-state index contributed by atoms with van der Waals surface area (Å²) in [4.78, 5) is 23.5. The number of carboxylic acids is 1. The smallest absolute Gasteiger partial charge is 0.305 e. The Bertz CT molecular complexity index is 557. The molecular formula is C18H23NO3. The molecule has 1 amide bonds. The summed E-state index contributed by atoms with van der Waals surface area (Å²) in [6.45, 7) is 0.224. The van der Waals surface area contributed by atoms with E-state index in [0.29, 0.717) is 11.8 Å². The van der Waals surface area contributed by atoms with Crippen molar-refractivity contribution in [1.82, 2.24) is 5.32 Å².